The second-order valence-corrected chi connectivity index (χ2v) is 7.43. The topological polar surface area (TPSA) is 117 Å². The van der Waals surface area contributed by atoms with Crippen LogP contribution in [-0.4, -0.2) is 38.1 Å². The molecule has 3 aromatic rings. The van der Waals surface area contributed by atoms with Gasteiger partial charge < -0.3 is 15.4 Å². The summed E-state index contributed by atoms with van der Waals surface area (Å²) in [5, 5.41) is 19.8. The number of ether oxygens (including phenoxy) is 1. The number of nitrogens with one attached hydrogen (secondary N) is 2. The lowest BCUT2D eigenvalue weighted by Crippen LogP contribution is -2.44. The number of nitrogens with zero attached hydrogens (tertiary/aromatic N) is 5. The van der Waals surface area contributed by atoms with Crippen molar-refractivity contribution in [3.63, 3.8) is 0 Å². The van der Waals surface area contributed by atoms with E-state index in [4.69, 9.17) is 4.74 Å². The molecule has 0 aromatic carbocycles. The highest BCUT2D eigenvalue weighted by atomic mass is 16.5. The Hall–Kier alpha value is -3.93. The molecule has 3 aromatic heterocycles. The number of carbonyl (C=O) groups excluding carboxylic acids is 1. The van der Waals surface area contributed by atoms with Crippen LogP contribution in [0, 0.1) is 11.3 Å². The molecule has 2 N–H and O–H groups in total. The Balaban J connectivity index is 1.86. The van der Waals surface area contributed by atoms with Gasteiger partial charge in [-0.15, -0.1) is 0 Å². The van der Waals surface area contributed by atoms with Crippen LogP contribution < -0.4 is 15.4 Å². The average molecular weight is 434 g/mol. The van der Waals surface area contributed by atoms with Gasteiger partial charge in [0.1, 0.15) is 17.6 Å². The standard InChI is InChI=1S/C23H27N7O2/c1-5-23(6-2,27-15-31)9-16(4)29-21-13-25-20(12-26-21)19-8-18(32-7-3)14-30-22(19)17(10-24)11-28-30/h8,11-15H,4-7,9H2,1-3H3,(H,26,29)(H,27,31). The van der Waals surface area contributed by atoms with Crippen molar-refractivity contribution in [2.75, 3.05) is 11.9 Å². The van der Waals surface area contributed by atoms with Crippen LogP contribution in [0.3, 0.4) is 0 Å². The van der Waals surface area contributed by atoms with E-state index < -0.39 is 0 Å². The number of pyridine rings is 1. The molecule has 0 saturated carbocycles. The molecule has 3 rings (SSSR count). The van der Waals surface area contributed by atoms with E-state index in [0.717, 1.165) is 24.9 Å². The first kappa shape index (κ1) is 22.7. The maximum atomic E-state index is 11.0. The Kier molecular flexibility index (Phi) is 7.05. The van der Waals surface area contributed by atoms with Crippen molar-refractivity contribution in [1.29, 1.82) is 5.26 Å². The number of amides is 1. The molecule has 0 aliphatic carbocycles. The molecule has 0 saturated heterocycles. The van der Waals surface area contributed by atoms with Crippen LogP contribution in [0.15, 0.2) is 43.1 Å². The van der Waals surface area contributed by atoms with Gasteiger partial charge in [-0.2, -0.15) is 10.4 Å². The molecule has 32 heavy (non-hydrogen) atoms. The van der Waals surface area contributed by atoms with Crippen molar-refractivity contribution in [3.8, 4) is 23.1 Å². The van der Waals surface area contributed by atoms with Gasteiger partial charge in [-0.1, -0.05) is 20.4 Å². The van der Waals surface area contributed by atoms with E-state index in [-0.39, 0.29) is 5.54 Å². The predicted molar refractivity (Wildman–Crippen MR) is 122 cm³/mol. The summed E-state index contributed by atoms with van der Waals surface area (Å²) < 4.78 is 7.25. The summed E-state index contributed by atoms with van der Waals surface area (Å²) in [6, 6.07) is 4.00. The highest BCUT2D eigenvalue weighted by Crippen LogP contribution is 2.30. The monoisotopic (exact) mass is 433 g/mol. The maximum Gasteiger partial charge on any atom is 0.207 e. The molecule has 0 bridgehead atoms. The van der Waals surface area contributed by atoms with E-state index >= 15 is 0 Å². The van der Waals surface area contributed by atoms with E-state index in [1.54, 1.807) is 23.1 Å². The van der Waals surface area contributed by atoms with Crippen molar-refractivity contribution in [3.05, 3.63) is 48.7 Å². The SMILES string of the molecule is C=C(CC(CC)(CC)NC=O)Nc1cnc(-c2cc(OCC)cn3ncc(C#N)c23)cn1. The number of hydrogen-bond donors (Lipinski definition) is 2. The molecule has 166 valence electrons. The summed E-state index contributed by atoms with van der Waals surface area (Å²) in [7, 11) is 0. The van der Waals surface area contributed by atoms with Gasteiger partial charge in [-0.3, -0.25) is 9.78 Å². The Labute approximate surface area is 187 Å². The minimum atomic E-state index is -0.347. The van der Waals surface area contributed by atoms with Gasteiger partial charge in [0.05, 0.1) is 48.2 Å². The summed E-state index contributed by atoms with van der Waals surface area (Å²) in [5.74, 6) is 1.16. The zero-order valence-corrected chi connectivity index (χ0v) is 18.6. The highest BCUT2D eigenvalue weighted by molar-refractivity contribution is 5.83. The molecule has 0 aliphatic heterocycles. The lowest BCUT2D eigenvalue weighted by atomic mass is 9.88. The Morgan fingerprint density at radius 2 is 2.06 bits per heavy atom. The zero-order chi connectivity index (χ0) is 23.1. The third kappa shape index (κ3) is 4.70. The number of carbonyl (C=O) groups is 1. The quantitative estimate of drug-likeness (QED) is 0.443. The van der Waals surface area contributed by atoms with Gasteiger partial charge in [0.2, 0.25) is 6.41 Å². The van der Waals surface area contributed by atoms with E-state index in [2.05, 4.69) is 38.3 Å². The van der Waals surface area contributed by atoms with Crippen LogP contribution in [0.4, 0.5) is 5.82 Å². The largest absolute Gasteiger partial charge is 0.492 e. The van der Waals surface area contributed by atoms with Crippen LogP contribution >= 0.6 is 0 Å². The summed E-state index contributed by atoms with van der Waals surface area (Å²) in [5.41, 5.74) is 2.76. The number of hydrogen-bond acceptors (Lipinski definition) is 7. The van der Waals surface area contributed by atoms with Gasteiger partial charge >= 0.3 is 0 Å². The van der Waals surface area contributed by atoms with E-state index in [1.807, 2.05) is 26.8 Å². The van der Waals surface area contributed by atoms with Crippen LogP contribution in [0.25, 0.3) is 16.8 Å². The Morgan fingerprint density at radius 1 is 1.28 bits per heavy atom. The van der Waals surface area contributed by atoms with Gasteiger partial charge in [-0.25, -0.2) is 9.50 Å². The Bertz CT molecular complexity index is 1140. The molecule has 0 fully saturated rings. The Morgan fingerprint density at radius 3 is 2.66 bits per heavy atom. The predicted octanol–water partition coefficient (Wildman–Crippen LogP) is 3.68. The second kappa shape index (κ2) is 9.92. The van der Waals surface area contributed by atoms with Crippen LogP contribution in [0.2, 0.25) is 0 Å². The molecule has 3 heterocycles. The molecule has 9 nitrogen and oxygen atoms in total. The molecular weight excluding hydrogens is 406 g/mol. The van der Waals surface area contributed by atoms with Crippen molar-refractivity contribution in [2.24, 2.45) is 0 Å². The lowest BCUT2D eigenvalue weighted by Gasteiger charge is -2.32. The summed E-state index contributed by atoms with van der Waals surface area (Å²) in [4.78, 5) is 20.0. The third-order valence-electron chi connectivity index (χ3n) is 5.52. The van der Waals surface area contributed by atoms with Gasteiger partial charge in [0.15, 0.2) is 0 Å². The number of aromatic nitrogens is 4. The van der Waals surface area contributed by atoms with Crippen LogP contribution in [0.1, 0.15) is 45.6 Å². The van der Waals surface area contributed by atoms with Crippen molar-refractivity contribution < 1.29 is 9.53 Å². The van der Waals surface area contributed by atoms with E-state index in [9.17, 15) is 10.1 Å². The number of fused-ring (bicyclic) bond motifs is 1. The maximum absolute atomic E-state index is 11.0. The van der Waals surface area contributed by atoms with Crippen LogP contribution in [-0.2, 0) is 4.79 Å². The van der Waals surface area contributed by atoms with Crippen LogP contribution in [0.5, 0.6) is 5.75 Å². The van der Waals surface area contributed by atoms with E-state index in [1.165, 1.54) is 6.20 Å². The minimum absolute atomic E-state index is 0.347. The molecule has 0 radical (unpaired) electrons. The number of anilines is 1. The number of rotatable bonds is 11. The average Bonchev–Trinajstić information content (AvgIpc) is 3.22. The van der Waals surface area contributed by atoms with Crippen molar-refractivity contribution >= 4 is 17.7 Å². The van der Waals surface area contributed by atoms with E-state index in [0.29, 0.717) is 46.9 Å². The van der Waals surface area contributed by atoms with Gasteiger partial charge in [0.25, 0.3) is 0 Å². The molecule has 1 amide bonds. The first-order valence-electron chi connectivity index (χ1n) is 10.5. The molecular formula is C23H27N7O2. The highest BCUT2D eigenvalue weighted by Gasteiger charge is 2.26. The molecule has 0 atom stereocenters. The fourth-order valence-corrected chi connectivity index (χ4v) is 3.67. The second-order valence-electron chi connectivity index (χ2n) is 7.43. The van der Waals surface area contributed by atoms with Gasteiger partial charge in [0, 0.05) is 23.2 Å². The first-order valence-corrected chi connectivity index (χ1v) is 10.5. The first-order chi connectivity index (χ1) is 15.5. The summed E-state index contributed by atoms with van der Waals surface area (Å²) in [6.45, 7) is 10.6. The zero-order valence-electron chi connectivity index (χ0n) is 18.6. The fourth-order valence-electron chi connectivity index (χ4n) is 3.67. The fraction of sp³-hybridized carbons (Fsp3) is 0.348. The molecule has 9 heteroatoms. The third-order valence-corrected chi connectivity index (χ3v) is 5.52. The molecule has 0 aliphatic rings. The normalized spacial score (nSPS) is 11.1. The van der Waals surface area contributed by atoms with Crippen molar-refractivity contribution in [2.45, 2.75) is 45.6 Å². The number of nitriles is 1. The smallest absolute Gasteiger partial charge is 0.207 e. The molecule has 0 unspecified atom stereocenters. The minimum Gasteiger partial charge on any atom is -0.492 e. The summed E-state index contributed by atoms with van der Waals surface area (Å²) >= 11 is 0. The lowest BCUT2D eigenvalue weighted by molar-refractivity contribution is -0.111. The summed E-state index contributed by atoms with van der Waals surface area (Å²) in [6.07, 6.45) is 9.36. The molecule has 0 spiro atoms. The van der Waals surface area contributed by atoms with Crippen molar-refractivity contribution in [1.82, 2.24) is 24.9 Å². The van der Waals surface area contributed by atoms with Gasteiger partial charge in [-0.05, 0) is 25.8 Å².